The maximum absolute atomic E-state index is 6.47. The van der Waals surface area contributed by atoms with Crippen LogP contribution < -0.4 is 4.90 Å². The van der Waals surface area contributed by atoms with Crippen molar-refractivity contribution in [1.82, 2.24) is 9.97 Å². The van der Waals surface area contributed by atoms with Crippen LogP contribution in [0.1, 0.15) is 29.8 Å². The number of hydrogen-bond donors (Lipinski definition) is 0. The van der Waals surface area contributed by atoms with Crippen molar-refractivity contribution < 1.29 is 4.74 Å². The number of rotatable bonds is 5. The van der Waals surface area contributed by atoms with Crippen LogP contribution in [0, 0.1) is 0 Å². The fourth-order valence-corrected chi connectivity index (χ4v) is 3.07. The molecule has 3 rings (SSSR count). The average Bonchev–Trinajstić information content (AvgIpc) is 3.05. The molecule has 1 saturated heterocycles. The van der Waals surface area contributed by atoms with E-state index in [1.54, 1.807) is 7.11 Å². The molecular formula is C17H20ClN3O. The van der Waals surface area contributed by atoms with E-state index in [1.807, 2.05) is 18.2 Å². The molecule has 0 atom stereocenters. The van der Waals surface area contributed by atoms with Gasteiger partial charge >= 0.3 is 0 Å². The van der Waals surface area contributed by atoms with Crippen molar-refractivity contribution >= 4 is 17.4 Å². The highest BCUT2D eigenvalue weighted by atomic mass is 35.5. The Kier molecular flexibility index (Phi) is 4.90. The van der Waals surface area contributed by atoms with E-state index in [-0.39, 0.29) is 0 Å². The second kappa shape index (κ2) is 7.07. The van der Waals surface area contributed by atoms with E-state index >= 15 is 0 Å². The molecule has 0 spiro atoms. The molecule has 2 aromatic rings. The van der Waals surface area contributed by atoms with Crippen molar-refractivity contribution in [3.63, 3.8) is 0 Å². The van der Waals surface area contributed by atoms with Gasteiger partial charge in [-0.1, -0.05) is 41.9 Å². The van der Waals surface area contributed by atoms with Crippen LogP contribution in [0.25, 0.3) is 0 Å². The summed E-state index contributed by atoms with van der Waals surface area (Å²) in [6.45, 7) is 2.44. The Balaban J connectivity index is 1.98. The molecule has 1 aliphatic heterocycles. The minimum Gasteiger partial charge on any atom is -0.377 e. The van der Waals surface area contributed by atoms with Gasteiger partial charge in [0.25, 0.3) is 0 Å². The van der Waals surface area contributed by atoms with Gasteiger partial charge in [-0.05, 0) is 18.4 Å². The van der Waals surface area contributed by atoms with Gasteiger partial charge in [-0.2, -0.15) is 0 Å². The molecule has 1 aromatic carbocycles. The van der Waals surface area contributed by atoms with E-state index in [0.717, 1.165) is 30.9 Å². The first-order valence-corrected chi connectivity index (χ1v) is 7.99. The van der Waals surface area contributed by atoms with Crippen LogP contribution in [0.4, 0.5) is 5.82 Å². The lowest BCUT2D eigenvalue weighted by atomic mass is 10.1. The minimum atomic E-state index is 0.381. The summed E-state index contributed by atoms with van der Waals surface area (Å²) in [4.78, 5) is 11.4. The molecule has 2 heterocycles. The standard InChI is InChI=1S/C17H20ClN3O/c1-22-12-15-19-16(18)14(11-13-7-3-2-4-8-13)17(20-15)21-9-5-6-10-21/h2-4,7-8H,5-6,9-12H2,1H3. The molecule has 1 aromatic heterocycles. The van der Waals surface area contributed by atoms with Gasteiger partial charge < -0.3 is 9.64 Å². The SMILES string of the molecule is COCc1nc(Cl)c(Cc2ccccc2)c(N2CCCC2)n1. The third kappa shape index (κ3) is 3.39. The predicted octanol–water partition coefficient (Wildman–Crippen LogP) is 3.47. The van der Waals surface area contributed by atoms with Crippen molar-refractivity contribution in [2.45, 2.75) is 25.9 Å². The summed E-state index contributed by atoms with van der Waals surface area (Å²) in [6, 6.07) is 10.3. The number of methoxy groups -OCH3 is 1. The van der Waals surface area contributed by atoms with Gasteiger partial charge in [-0.15, -0.1) is 0 Å². The third-order valence-corrected chi connectivity index (χ3v) is 4.20. The first-order chi connectivity index (χ1) is 10.8. The zero-order valence-electron chi connectivity index (χ0n) is 12.8. The van der Waals surface area contributed by atoms with E-state index in [9.17, 15) is 0 Å². The first kappa shape index (κ1) is 15.3. The Morgan fingerprint density at radius 3 is 2.55 bits per heavy atom. The van der Waals surface area contributed by atoms with Crippen molar-refractivity contribution in [2.75, 3.05) is 25.1 Å². The fourth-order valence-electron chi connectivity index (χ4n) is 2.82. The number of hydrogen-bond acceptors (Lipinski definition) is 4. The van der Waals surface area contributed by atoms with E-state index in [2.05, 4.69) is 22.0 Å². The van der Waals surface area contributed by atoms with Crippen LogP contribution in [0.15, 0.2) is 30.3 Å². The van der Waals surface area contributed by atoms with Crippen molar-refractivity contribution in [1.29, 1.82) is 0 Å². The highest BCUT2D eigenvalue weighted by molar-refractivity contribution is 6.30. The van der Waals surface area contributed by atoms with E-state index in [1.165, 1.54) is 18.4 Å². The molecule has 5 heteroatoms. The van der Waals surface area contributed by atoms with Crippen LogP contribution >= 0.6 is 11.6 Å². The van der Waals surface area contributed by atoms with E-state index in [4.69, 9.17) is 21.3 Å². The Bertz CT molecular complexity index is 627. The molecule has 0 saturated carbocycles. The van der Waals surface area contributed by atoms with Gasteiger partial charge in [0.2, 0.25) is 0 Å². The van der Waals surface area contributed by atoms with Gasteiger partial charge in [-0.25, -0.2) is 9.97 Å². The van der Waals surface area contributed by atoms with Crippen molar-refractivity contribution in [3.8, 4) is 0 Å². The Morgan fingerprint density at radius 1 is 1.14 bits per heavy atom. The normalized spacial score (nSPS) is 14.5. The second-order valence-corrected chi connectivity index (χ2v) is 5.88. The van der Waals surface area contributed by atoms with E-state index in [0.29, 0.717) is 17.6 Å². The van der Waals surface area contributed by atoms with Crippen LogP contribution in [-0.2, 0) is 17.8 Å². The molecule has 0 amide bonds. The minimum absolute atomic E-state index is 0.381. The summed E-state index contributed by atoms with van der Waals surface area (Å²) in [5.74, 6) is 1.61. The first-order valence-electron chi connectivity index (χ1n) is 7.61. The topological polar surface area (TPSA) is 38.2 Å². The lowest BCUT2D eigenvalue weighted by Crippen LogP contribution is -2.22. The molecule has 0 aliphatic carbocycles. The van der Waals surface area contributed by atoms with Crippen molar-refractivity contribution in [3.05, 3.63) is 52.4 Å². The molecule has 0 bridgehead atoms. The maximum atomic E-state index is 6.47. The fraction of sp³-hybridized carbons (Fsp3) is 0.412. The van der Waals surface area contributed by atoms with Gasteiger partial charge in [-0.3, -0.25) is 0 Å². The predicted molar refractivity (Wildman–Crippen MR) is 88.5 cm³/mol. The number of aromatic nitrogens is 2. The molecule has 0 radical (unpaired) electrons. The molecule has 1 aliphatic rings. The molecule has 22 heavy (non-hydrogen) atoms. The van der Waals surface area contributed by atoms with Crippen LogP contribution in [0.2, 0.25) is 5.15 Å². The molecule has 4 nitrogen and oxygen atoms in total. The van der Waals surface area contributed by atoms with Crippen molar-refractivity contribution in [2.24, 2.45) is 0 Å². The van der Waals surface area contributed by atoms with Crippen LogP contribution in [0.5, 0.6) is 0 Å². The van der Waals surface area contributed by atoms with Gasteiger partial charge in [0.05, 0.1) is 0 Å². The molecule has 0 unspecified atom stereocenters. The van der Waals surface area contributed by atoms with Gasteiger partial charge in [0.15, 0.2) is 5.82 Å². The molecule has 0 N–H and O–H groups in total. The quantitative estimate of drug-likeness (QED) is 0.792. The number of nitrogens with zero attached hydrogens (tertiary/aromatic N) is 3. The lowest BCUT2D eigenvalue weighted by Gasteiger charge is -2.21. The third-order valence-electron chi connectivity index (χ3n) is 3.88. The highest BCUT2D eigenvalue weighted by Crippen LogP contribution is 2.29. The zero-order chi connectivity index (χ0) is 15.4. The molecular weight excluding hydrogens is 298 g/mol. The van der Waals surface area contributed by atoms with Crippen LogP contribution in [0.3, 0.4) is 0 Å². The smallest absolute Gasteiger partial charge is 0.158 e. The summed E-state index contributed by atoms with van der Waals surface area (Å²) in [5, 5.41) is 0.535. The van der Waals surface area contributed by atoms with Gasteiger partial charge in [0, 0.05) is 32.2 Å². The highest BCUT2D eigenvalue weighted by Gasteiger charge is 2.21. The number of anilines is 1. The van der Waals surface area contributed by atoms with Crippen LogP contribution in [-0.4, -0.2) is 30.2 Å². The summed E-state index contributed by atoms with van der Waals surface area (Å²) in [6.07, 6.45) is 3.15. The van der Waals surface area contributed by atoms with E-state index < -0.39 is 0 Å². The monoisotopic (exact) mass is 317 g/mol. The Hall–Kier alpha value is -1.65. The number of ether oxygens (including phenoxy) is 1. The maximum Gasteiger partial charge on any atom is 0.158 e. The summed E-state index contributed by atoms with van der Waals surface area (Å²) in [7, 11) is 1.64. The Labute approximate surface area is 136 Å². The lowest BCUT2D eigenvalue weighted by molar-refractivity contribution is 0.178. The Morgan fingerprint density at radius 2 is 1.86 bits per heavy atom. The summed E-state index contributed by atoms with van der Waals surface area (Å²) in [5.41, 5.74) is 2.22. The molecule has 116 valence electrons. The number of benzene rings is 1. The second-order valence-electron chi connectivity index (χ2n) is 5.52. The summed E-state index contributed by atoms with van der Waals surface area (Å²) >= 11 is 6.47. The van der Waals surface area contributed by atoms with Gasteiger partial charge in [0.1, 0.15) is 17.6 Å². The molecule has 1 fully saturated rings. The number of halogens is 1. The largest absolute Gasteiger partial charge is 0.377 e. The summed E-state index contributed by atoms with van der Waals surface area (Å²) < 4.78 is 5.16. The average molecular weight is 318 g/mol. The zero-order valence-corrected chi connectivity index (χ0v) is 13.5.